The third kappa shape index (κ3) is 5.39. The Bertz CT molecular complexity index is 1610. The molecule has 2 aliphatic rings. The maximum Gasteiger partial charge on any atom is 0.396 e. The number of aromatic nitrogens is 5. The van der Waals surface area contributed by atoms with Gasteiger partial charge >= 0.3 is 6.18 Å². The monoisotopic (exact) mass is 609 g/mol. The summed E-state index contributed by atoms with van der Waals surface area (Å²) in [4.78, 5) is 19.6. The maximum atomic E-state index is 13.3. The molecular weight excluding hydrogens is 575 g/mol. The van der Waals surface area contributed by atoms with Crippen LogP contribution in [0.3, 0.4) is 0 Å². The molecule has 0 bridgehead atoms. The van der Waals surface area contributed by atoms with Crippen LogP contribution >= 0.6 is 0 Å². The number of nitrogens with one attached hydrogen (secondary N) is 1. The third-order valence-electron chi connectivity index (χ3n) is 8.32. The molecule has 1 atom stereocenters. The van der Waals surface area contributed by atoms with Gasteiger partial charge in [0.1, 0.15) is 10.7 Å². The van der Waals surface area contributed by atoms with Gasteiger partial charge in [0.15, 0.2) is 0 Å². The lowest BCUT2D eigenvalue weighted by atomic mass is 9.92. The van der Waals surface area contributed by atoms with Crippen molar-refractivity contribution in [1.82, 2.24) is 29.3 Å². The van der Waals surface area contributed by atoms with Crippen molar-refractivity contribution in [3.05, 3.63) is 53.7 Å². The number of halogens is 3. The molecule has 2 fully saturated rings. The van der Waals surface area contributed by atoms with E-state index in [1.54, 1.807) is 37.0 Å². The maximum absolute atomic E-state index is 13.3. The highest BCUT2D eigenvalue weighted by Crippen LogP contribution is 2.57. The molecule has 0 radical (unpaired) electrons. The van der Waals surface area contributed by atoms with Crippen molar-refractivity contribution in [2.24, 2.45) is 12.5 Å². The van der Waals surface area contributed by atoms with Gasteiger partial charge in [-0.3, -0.25) is 14.2 Å². The minimum atomic E-state index is -4.28. The topological polar surface area (TPSA) is 124 Å². The summed E-state index contributed by atoms with van der Waals surface area (Å²) in [6, 6.07) is 4.80. The van der Waals surface area contributed by atoms with Crippen LogP contribution in [0.25, 0.3) is 0 Å². The summed E-state index contributed by atoms with van der Waals surface area (Å²) in [6.45, 7) is 7.52. The lowest BCUT2D eigenvalue weighted by Crippen LogP contribution is -2.41. The molecule has 1 saturated heterocycles. The molecule has 1 N–H and O–H groups in total. The van der Waals surface area contributed by atoms with Crippen LogP contribution in [0.1, 0.15) is 61.8 Å². The van der Waals surface area contributed by atoms with Gasteiger partial charge in [0.25, 0.3) is 15.9 Å². The Morgan fingerprint density at radius 3 is 2.52 bits per heavy atom. The number of carbonyl (C=O) groups is 1. The second kappa shape index (κ2) is 10.1. The number of hydrogen-bond acceptors (Lipinski definition) is 8. The SMILES string of the molecule is Cc1c(S(=O)(=O)NC(=O)c2cccnc2N2C[C@@](C)(n3ccc(COCC4(C(F)(F)F)CC4)n3)CC2(C)C)cnn1C. The summed E-state index contributed by atoms with van der Waals surface area (Å²) >= 11 is 0. The van der Waals surface area contributed by atoms with E-state index in [1.807, 2.05) is 25.7 Å². The smallest absolute Gasteiger partial charge is 0.374 e. The third-order valence-corrected chi connectivity index (χ3v) is 9.75. The number of pyridine rings is 1. The van der Waals surface area contributed by atoms with E-state index in [4.69, 9.17) is 4.74 Å². The summed E-state index contributed by atoms with van der Waals surface area (Å²) in [7, 11) is -2.58. The van der Waals surface area contributed by atoms with Gasteiger partial charge in [-0.2, -0.15) is 23.4 Å². The van der Waals surface area contributed by atoms with Crippen LogP contribution in [0.15, 0.2) is 41.7 Å². The van der Waals surface area contributed by atoms with Gasteiger partial charge in [0.05, 0.1) is 47.3 Å². The number of ether oxygens (including phenoxy) is 1. The van der Waals surface area contributed by atoms with Crippen LogP contribution in [0.2, 0.25) is 0 Å². The van der Waals surface area contributed by atoms with Crippen molar-refractivity contribution in [2.45, 2.75) is 75.7 Å². The first kappa shape index (κ1) is 30.0. The lowest BCUT2D eigenvalue weighted by molar-refractivity contribution is -0.202. The van der Waals surface area contributed by atoms with Gasteiger partial charge in [-0.25, -0.2) is 18.1 Å². The van der Waals surface area contributed by atoms with E-state index in [0.717, 1.165) is 0 Å². The van der Waals surface area contributed by atoms with Crippen molar-refractivity contribution < 1.29 is 31.1 Å². The molecule has 5 rings (SSSR count). The number of aryl methyl sites for hydroxylation is 1. The Kier molecular flexibility index (Phi) is 7.20. The summed E-state index contributed by atoms with van der Waals surface area (Å²) in [5.41, 5.74) is -1.84. The highest BCUT2D eigenvalue weighted by molar-refractivity contribution is 7.90. The molecule has 3 aromatic heterocycles. The lowest BCUT2D eigenvalue weighted by Gasteiger charge is -2.33. The molecule has 1 aliphatic heterocycles. The van der Waals surface area contributed by atoms with Gasteiger partial charge in [0.2, 0.25) is 0 Å². The summed E-state index contributed by atoms with van der Waals surface area (Å²) < 4.78 is 76.4. The molecule has 0 aromatic carbocycles. The Labute approximate surface area is 242 Å². The van der Waals surface area contributed by atoms with Crippen molar-refractivity contribution in [2.75, 3.05) is 18.1 Å². The van der Waals surface area contributed by atoms with Crippen LogP contribution < -0.4 is 9.62 Å². The van der Waals surface area contributed by atoms with Crippen LogP contribution in [-0.2, 0) is 34.0 Å². The summed E-state index contributed by atoms with van der Waals surface area (Å²) in [5, 5.41) is 8.56. The number of alkyl halides is 3. The van der Waals surface area contributed by atoms with E-state index >= 15 is 0 Å². The van der Waals surface area contributed by atoms with Crippen LogP contribution in [0, 0.1) is 12.3 Å². The molecule has 228 valence electrons. The largest absolute Gasteiger partial charge is 0.396 e. The second-order valence-corrected chi connectivity index (χ2v) is 13.8. The zero-order chi connectivity index (χ0) is 30.7. The first-order valence-electron chi connectivity index (χ1n) is 13.5. The summed E-state index contributed by atoms with van der Waals surface area (Å²) in [6.07, 6.45) is 0.963. The minimum Gasteiger partial charge on any atom is -0.374 e. The van der Waals surface area contributed by atoms with E-state index in [0.29, 0.717) is 30.2 Å². The van der Waals surface area contributed by atoms with Gasteiger partial charge in [0, 0.05) is 31.5 Å². The average molecular weight is 610 g/mol. The minimum absolute atomic E-state index is 0.0382. The Morgan fingerprint density at radius 2 is 1.90 bits per heavy atom. The van der Waals surface area contributed by atoms with Gasteiger partial charge in [-0.05, 0) is 65.2 Å². The number of sulfonamides is 1. The highest BCUT2D eigenvalue weighted by Gasteiger charge is 2.63. The molecule has 1 amide bonds. The number of nitrogens with zero attached hydrogens (tertiary/aromatic N) is 6. The zero-order valence-electron chi connectivity index (χ0n) is 24.1. The highest BCUT2D eigenvalue weighted by atomic mass is 32.2. The molecule has 4 heterocycles. The Hall–Kier alpha value is -3.46. The number of hydrogen-bond donors (Lipinski definition) is 1. The molecule has 3 aromatic rings. The van der Waals surface area contributed by atoms with Crippen LogP contribution in [0.5, 0.6) is 0 Å². The second-order valence-electron chi connectivity index (χ2n) is 12.1. The quantitative estimate of drug-likeness (QED) is 0.390. The van der Waals surface area contributed by atoms with E-state index in [9.17, 15) is 26.4 Å². The Balaban J connectivity index is 1.33. The van der Waals surface area contributed by atoms with E-state index in [2.05, 4.69) is 19.9 Å². The van der Waals surface area contributed by atoms with Crippen LogP contribution in [0.4, 0.5) is 19.0 Å². The molecule has 15 heteroatoms. The van der Waals surface area contributed by atoms with E-state index < -0.39 is 38.6 Å². The van der Waals surface area contributed by atoms with Crippen molar-refractivity contribution >= 4 is 21.7 Å². The Morgan fingerprint density at radius 1 is 1.19 bits per heavy atom. The van der Waals surface area contributed by atoms with Gasteiger partial charge in [-0.1, -0.05) is 0 Å². The standard InChI is InChI=1S/C27H34F3N7O4S/c1-18-21(13-32-35(18)5)42(39,40)34-23(38)20-7-6-11-31-22(20)36-16-25(4,15-24(36,2)3)37-12-8-19(33-37)14-41-17-26(9-10-26)27(28,29)30/h6-8,11-13H,9-10,14-17H2,1-5H3,(H,34,38)/t25-/m0/s1. The van der Waals surface area contributed by atoms with E-state index in [1.165, 1.54) is 23.1 Å². The predicted molar refractivity (Wildman–Crippen MR) is 146 cm³/mol. The van der Waals surface area contributed by atoms with Gasteiger partial charge in [-0.15, -0.1) is 0 Å². The first-order valence-corrected chi connectivity index (χ1v) is 14.9. The van der Waals surface area contributed by atoms with Crippen molar-refractivity contribution in [1.29, 1.82) is 0 Å². The molecule has 1 saturated carbocycles. The number of amides is 1. The molecule has 0 unspecified atom stereocenters. The van der Waals surface area contributed by atoms with Crippen molar-refractivity contribution in [3.63, 3.8) is 0 Å². The molecule has 42 heavy (non-hydrogen) atoms. The summed E-state index contributed by atoms with van der Waals surface area (Å²) in [5.74, 6) is -0.504. The number of rotatable bonds is 9. The average Bonchev–Trinajstić information content (AvgIpc) is 3.28. The normalized spacial score (nSPS) is 21.5. The fourth-order valence-corrected chi connectivity index (χ4v) is 6.84. The molecule has 1 aliphatic carbocycles. The zero-order valence-corrected chi connectivity index (χ0v) is 24.9. The number of carbonyl (C=O) groups excluding carboxylic acids is 1. The van der Waals surface area contributed by atoms with Gasteiger partial charge < -0.3 is 9.64 Å². The van der Waals surface area contributed by atoms with E-state index in [-0.39, 0.29) is 36.5 Å². The molecule has 0 spiro atoms. The first-order chi connectivity index (χ1) is 19.5. The fraction of sp³-hybridized carbons (Fsp3) is 0.556. The number of anilines is 1. The molecule has 11 nitrogen and oxygen atoms in total. The molecular formula is C27H34F3N7O4S. The van der Waals surface area contributed by atoms with Crippen LogP contribution in [-0.4, -0.2) is 63.7 Å². The van der Waals surface area contributed by atoms with Crippen molar-refractivity contribution in [3.8, 4) is 0 Å². The predicted octanol–water partition coefficient (Wildman–Crippen LogP) is 3.70. The fourth-order valence-electron chi connectivity index (χ4n) is 5.67.